The molecule has 106 valence electrons. The second-order valence-corrected chi connectivity index (χ2v) is 4.29. The Balaban J connectivity index is 0.00000289. The van der Waals surface area contributed by atoms with Gasteiger partial charge in [0.2, 0.25) is 5.91 Å². The van der Waals surface area contributed by atoms with Gasteiger partial charge >= 0.3 is 0 Å². The van der Waals surface area contributed by atoms with E-state index >= 15 is 0 Å². The van der Waals surface area contributed by atoms with E-state index in [4.69, 9.17) is 0 Å². The third-order valence-electron chi connectivity index (χ3n) is 2.88. The highest BCUT2D eigenvalue weighted by molar-refractivity contribution is 14.0. The maximum Gasteiger partial charge on any atom is 0.241 e. The van der Waals surface area contributed by atoms with Gasteiger partial charge in [0.15, 0.2) is 5.96 Å². The van der Waals surface area contributed by atoms with Crippen LogP contribution in [0.4, 0.5) is 0 Å². The summed E-state index contributed by atoms with van der Waals surface area (Å²) < 4.78 is 0. The van der Waals surface area contributed by atoms with E-state index in [0.717, 1.165) is 38.9 Å². The highest BCUT2D eigenvalue weighted by Gasteiger charge is 2.16. The van der Waals surface area contributed by atoms with Crippen molar-refractivity contribution in [1.82, 2.24) is 15.5 Å². The van der Waals surface area contributed by atoms with Gasteiger partial charge in [0.25, 0.3) is 0 Å². The zero-order valence-corrected chi connectivity index (χ0v) is 13.7. The van der Waals surface area contributed by atoms with Crippen LogP contribution < -0.4 is 10.6 Å². The van der Waals surface area contributed by atoms with E-state index in [9.17, 15) is 4.79 Å². The molecule has 1 amide bonds. The fourth-order valence-corrected chi connectivity index (χ4v) is 1.88. The maximum atomic E-state index is 11.9. The standard InChI is InChI=1S/C12H24N4O.HI/c1-3-7-14-12(13-2)15-10-11(17)16-8-5-4-6-9-16;/h3-10H2,1-2H3,(H2,13,14,15);1H. The molecule has 0 radical (unpaired) electrons. The van der Waals surface area contributed by atoms with Gasteiger partial charge in [-0.05, 0) is 25.7 Å². The van der Waals surface area contributed by atoms with Crippen molar-refractivity contribution in [3.63, 3.8) is 0 Å². The fraction of sp³-hybridized carbons (Fsp3) is 0.833. The van der Waals surface area contributed by atoms with Crippen molar-refractivity contribution in [2.24, 2.45) is 4.99 Å². The Bertz CT molecular complexity index is 265. The van der Waals surface area contributed by atoms with Gasteiger partial charge < -0.3 is 15.5 Å². The molecule has 1 aliphatic heterocycles. The number of aliphatic imine (C=N–C) groups is 1. The van der Waals surface area contributed by atoms with Gasteiger partial charge in [-0.3, -0.25) is 9.79 Å². The molecule has 0 aromatic heterocycles. The van der Waals surface area contributed by atoms with Crippen LogP contribution in [0.2, 0.25) is 0 Å². The zero-order valence-electron chi connectivity index (χ0n) is 11.4. The number of piperidine rings is 1. The molecule has 0 bridgehead atoms. The van der Waals surface area contributed by atoms with Crippen molar-refractivity contribution >= 4 is 35.8 Å². The molecule has 5 nitrogen and oxygen atoms in total. The van der Waals surface area contributed by atoms with Crippen LogP contribution in [0.1, 0.15) is 32.6 Å². The van der Waals surface area contributed by atoms with Crippen LogP contribution in [0.3, 0.4) is 0 Å². The van der Waals surface area contributed by atoms with E-state index in [0.29, 0.717) is 12.5 Å². The van der Waals surface area contributed by atoms with E-state index in [1.54, 1.807) is 7.05 Å². The average molecular weight is 368 g/mol. The first-order valence-electron chi connectivity index (χ1n) is 6.50. The van der Waals surface area contributed by atoms with Crippen molar-refractivity contribution in [2.45, 2.75) is 32.6 Å². The molecule has 0 saturated carbocycles. The molecule has 1 rings (SSSR count). The summed E-state index contributed by atoms with van der Waals surface area (Å²) in [7, 11) is 1.72. The van der Waals surface area contributed by atoms with E-state index in [1.807, 2.05) is 4.90 Å². The summed E-state index contributed by atoms with van der Waals surface area (Å²) in [5.74, 6) is 0.876. The van der Waals surface area contributed by atoms with Gasteiger partial charge in [-0.2, -0.15) is 0 Å². The fourth-order valence-electron chi connectivity index (χ4n) is 1.88. The quantitative estimate of drug-likeness (QED) is 0.445. The smallest absolute Gasteiger partial charge is 0.241 e. The van der Waals surface area contributed by atoms with Crippen LogP contribution in [-0.4, -0.2) is 50.0 Å². The van der Waals surface area contributed by atoms with Crippen LogP contribution in [0, 0.1) is 0 Å². The lowest BCUT2D eigenvalue weighted by Crippen LogP contribution is -2.46. The second kappa shape index (κ2) is 10.4. The van der Waals surface area contributed by atoms with Gasteiger partial charge in [-0.1, -0.05) is 6.92 Å². The van der Waals surface area contributed by atoms with Gasteiger partial charge in [0, 0.05) is 26.7 Å². The SMILES string of the molecule is CCCNC(=NC)NCC(=O)N1CCCCC1.I. The third kappa shape index (κ3) is 6.42. The Hall–Kier alpha value is -0.530. The van der Waals surface area contributed by atoms with Crippen LogP contribution >= 0.6 is 24.0 Å². The molecule has 1 fully saturated rings. The molecule has 1 aliphatic rings. The van der Waals surface area contributed by atoms with Crippen LogP contribution in [-0.2, 0) is 4.79 Å². The highest BCUT2D eigenvalue weighted by atomic mass is 127. The monoisotopic (exact) mass is 368 g/mol. The Morgan fingerprint density at radius 2 is 1.89 bits per heavy atom. The summed E-state index contributed by atoms with van der Waals surface area (Å²) in [4.78, 5) is 17.9. The number of hydrogen-bond acceptors (Lipinski definition) is 2. The number of hydrogen-bond donors (Lipinski definition) is 2. The highest BCUT2D eigenvalue weighted by Crippen LogP contribution is 2.07. The molecule has 2 N–H and O–H groups in total. The molecular formula is C12H25IN4O. The van der Waals surface area contributed by atoms with Crippen molar-refractivity contribution in [3.8, 4) is 0 Å². The van der Waals surface area contributed by atoms with Crippen LogP contribution in [0.25, 0.3) is 0 Å². The predicted molar refractivity (Wildman–Crippen MR) is 85.5 cm³/mol. The zero-order chi connectivity index (χ0) is 12.5. The minimum absolute atomic E-state index is 0. The number of halogens is 1. The molecule has 1 saturated heterocycles. The topological polar surface area (TPSA) is 56.7 Å². The van der Waals surface area contributed by atoms with Crippen molar-refractivity contribution in [3.05, 3.63) is 0 Å². The largest absolute Gasteiger partial charge is 0.356 e. The first-order valence-corrected chi connectivity index (χ1v) is 6.50. The van der Waals surface area contributed by atoms with E-state index in [1.165, 1.54) is 6.42 Å². The Labute approximate surface area is 127 Å². The number of amides is 1. The first-order chi connectivity index (χ1) is 8.27. The number of carbonyl (C=O) groups is 1. The van der Waals surface area contributed by atoms with Gasteiger partial charge in [0.05, 0.1) is 6.54 Å². The van der Waals surface area contributed by atoms with E-state index < -0.39 is 0 Å². The molecule has 0 aromatic carbocycles. The third-order valence-corrected chi connectivity index (χ3v) is 2.88. The van der Waals surface area contributed by atoms with Crippen LogP contribution in [0.15, 0.2) is 4.99 Å². The normalized spacial score (nSPS) is 15.9. The summed E-state index contributed by atoms with van der Waals surface area (Å²) in [5.41, 5.74) is 0. The molecule has 0 unspecified atom stereocenters. The molecule has 0 atom stereocenters. The number of guanidine groups is 1. The molecule has 18 heavy (non-hydrogen) atoms. The molecule has 6 heteroatoms. The van der Waals surface area contributed by atoms with E-state index in [2.05, 4.69) is 22.5 Å². The minimum Gasteiger partial charge on any atom is -0.356 e. The Kier molecular flexibility index (Phi) is 10.1. The van der Waals surface area contributed by atoms with Gasteiger partial charge in [-0.25, -0.2) is 0 Å². The number of nitrogens with one attached hydrogen (secondary N) is 2. The summed E-state index contributed by atoms with van der Waals surface area (Å²) in [5, 5.41) is 6.19. The predicted octanol–water partition coefficient (Wildman–Crippen LogP) is 1.19. The molecule has 0 aromatic rings. The Morgan fingerprint density at radius 3 is 2.44 bits per heavy atom. The summed E-state index contributed by atoms with van der Waals surface area (Å²) >= 11 is 0. The number of carbonyl (C=O) groups excluding carboxylic acids is 1. The lowest BCUT2D eigenvalue weighted by Gasteiger charge is -2.27. The molecule has 0 aliphatic carbocycles. The number of rotatable bonds is 4. The van der Waals surface area contributed by atoms with Gasteiger partial charge in [0.1, 0.15) is 0 Å². The second-order valence-electron chi connectivity index (χ2n) is 4.29. The molecular weight excluding hydrogens is 343 g/mol. The number of nitrogens with zero attached hydrogens (tertiary/aromatic N) is 2. The van der Waals surface area contributed by atoms with Crippen molar-refractivity contribution in [2.75, 3.05) is 33.2 Å². The van der Waals surface area contributed by atoms with Crippen molar-refractivity contribution in [1.29, 1.82) is 0 Å². The maximum absolute atomic E-state index is 11.9. The lowest BCUT2D eigenvalue weighted by atomic mass is 10.1. The number of likely N-dealkylation sites (tertiary alicyclic amines) is 1. The average Bonchev–Trinajstić information content (AvgIpc) is 2.39. The lowest BCUT2D eigenvalue weighted by molar-refractivity contribution is -0.130. The van der Waals surface area contributed by atoms with Gasteiger partial charge in [-0.15, -0.1) is 24.0 Å². The minimum atomic E-state index is 0. The van der Waals surface area contributed by atoms with E-state index in [-0.39, 0.29) is 29.9 Å². The molecule has 1 heterocycles. The van der Waals surface area contributed by atoms with Crippen LogP contribution in [0.5, 0.6) is 0 Å². The summed E-state index contributed by atoms with van der Waals surface area (Å²) in [6, 6.07) is 0. The Morgan fingerprint density at radius 1 is 1.22 bits per heavy atom. The summed E-state index contributed by atoms with van der Waals surface area (Å²) in [6.45, 7) is 5.11. The van der Waals surface area contributed by atoms with Crippen molar-refractivity contribution < 1.29 is 4.79 Å². The molecule has 0 spiro atoms. The first kappa shape index (κ1) is 17.5. The summed E-state index contributed by atoms with van der Waals surface area (Å²) in [6.07, 6.45) is 4.56.